The normalized spacial score (nSPS) is 26.9. The number of fused-ring (bicyclic) bond motifs is 2. The Labute approximate surface area is 118 Å². The Morgan fingerprint density at radius 3 is 2.90 bits per heavy atom. The van der Waals surface area contributed by atoms with Gasteiger partial charge in [0.15, 0.2) is 0 Å². The van der Waals surface area contributed by atoms with Crippen molar-refractivity contribution in [2.45, 2.75) is 37.9 Å². The Hall–Kier alpha value is -1.38. The van der Waals surface area contributed by atoms with Gasteiger partial charge in [0.25, 0.3) is 5.91 Å². The maximum absolute atomic E-state index is 12.1. The smallest absolute Gasteiger partial charge is 0.315 e. The van der Waals surface area contributed by atoms with Crippen LogP contribution in [-0.4, -0.2) is 67.3 Å². The molecule has 8 nitrogen and oxygen atoms in total. The summed E-state index contributed by atoms with van der Waals surface area (Å²) in [4.78, 5) is 35.9. The molecule has 0 spiro atoms. The number of amides is 3. The lowest BCUT2D eigenvalue weighted by molar-refractivity contribution is -0.139. The van der Waals surface area contributed by atoms with E-state index in [4.69, 9.17) is 9.68 Å². The first kappa shape index (κ1) is 15.0. The fourth-order valence-corrected chi connectivity index (χ4v) is 2.53. The summed E-state index contributed by atoms with van der Waals surface area (Å²) in [7, 11) is 3.29. The Morgan fingerprint density at radius 2 is 2.25 bits per heavy atom. The van der Waals surface area contributed by atoms with Crippen LogP contribution in [0, 0.1) is 0 Å². The minimum atomic E-state index is -0.483. The molecule has 2 N–H and O–H groups in total. The number of nitrogens with zero attached hydrogens (tertiary/aromatic N) is 2. The summed E-state index contributed by atoms with van der Waals surface area (Å²) in [6.45, 7) is 2.84. The van der Waals surface area contributed by atoms with E-state index in [1.54, 1.807) is 0 Å². The molecular formula is C12H22N4O4. The van der Waals surface area contributed by atoms with Gasteiger partial charge in [0.05, 0.1) is 19.8 Å². The third-order valence-corrected chi connectivity index (χ3v) is 3.82. The number of hydrogen-bond donors (Lipinski definition) is 2. The first-order chi connectivity index (χ1) is 9.58. The van der Waals surface area contributed by atoms with E-state index in [0.717, 1.165) is 6.42 Å². The van der Waals surface area contributed by atoms with Crippen molar-refractivity contribution < 1.29 is 19.3 Å². The number of likely N-dealkylation sites (N-methyl/N-ethyl adjacent to an activating group) is 1. The van der Waals surface area contributed by atoms with Gasteiger partial charge in [0.2, 0.25) is 0 Å². The highest BCUT2D eigenvalue weighted by Gasteiger charge is 2.47. The summed E-state index contributed by atoms with van der Waals surface area (Å²) >= 11 is 0. The third-order valence-electron chi connectivity index (χ3n) is 3.82. The number of hydrogen-bond acceptors (Lipinski definition) is 5. The molecule has 0 unspecified atom stereocenters. The number of hydroxylamine groups is 3. The zero-order valence-corrected chi connectivity index (χ0v) is 12.1. The Morgan fingerprint density at radius 1 is 1.50 bits per heavy atom. The number of carbonyl (C=O) groups is 2. The first-order valence-electron chi connectivity index (χ1n) is 6.81. The van der Waals surface area contributed by atoms with Crippen molar-refractivity contribution in [3.8, 4) is 0 Å². The van der Waals surface area contributed by atoms with Crippen LogP contribution in [0.1, 0.15) is 19.8 Å². The van der Waals surface area contributed by atoms with Crippen LogP contribution < -0.4 is 10.8 Å². The Balaban J connectivity index is 1.87. The van der Waals surface area contributed by atoms with Gasteiger partial charge >= 0.3 is 6.03 Å². The van der Waals surface area contributed by atoms with Crippen LogP contribution in [0.15, 0.2) is 0 Å². The fraction of sp³-hybridized carbons (Fsp3) is 0.833. The van der Waals surface area contributed by atoms with E-state index in [1.165, 1.54) is 17.1 Å². The molecule has 0 saturated carbocycles. The molecule has 0 aromatic rings. The molecule has 3 amide bonds. The van der Waals surface area contributed by atoms with Gasteiger partial charge in [0, 0.05) is 12.6 Å². The molecule has 2 fully saturated rings. The maximum Gasteiger partial charge on any atom is 0.345 e. The summed E-state index contributed by atoms with van der Waals surface area (Å²) in [6, 6.07) is -0.548. The molecule has 0 aromatic carbocycles. The van der Waals surface area contributed by atoms with Crippen LogP contribution in [0.25, 0.3) is 0 Å². The minimum Gasteiger partial charge on any atom is -0.315 e. The summed E-state index contributed by atoms with van der Waals surface area (Å²) in [6.07, 6.45) is 1.37. The topological polar surface area (TPSA) is 83.1 Å². The van der Waals surface area contributed by atoms with E-state index < -0.39 is 6.04 Å². The highest BCUT2D eigenvalue weighted by molar-refractivity contribution is 5.87. The van der Waals surface area contributed by atoms with Gasteiger partial charge in [-0.15, -0.1) is 0 Å². The van der Waals surface area contributed by atoms with E-state index >= 15 is 0 Å². The molecule has 8 heteroatoms. The van der Waals surface area contributed by atoms with Crippen LogP contribution in [0.2, 0.25) is 0 Å². The van der Waals surface area contributed by atoms with Gasteiger partial charge in [-0.2, -0.15) is 5.06 Å². The van der Waals surface area contributed by atoms with Crippen molar-refractivity contribution in [2.24, 2.45) is 0 Å². The predicted molar refractivity (Wildman–Crippen MR) is 70.4 cm³/mol. The molecule has 2 bridgehead atoms. The van der Waals surface area contributed by atoms with Gasteiger partial charge in [-0.05, 0) is 26.8 Å². The fourth-order valence-electron chi connectivity index (χ4n) is 2.53. The predicted octanol–water partition coefficient (Wildman–Crippen LogP) is -0.528. The van der Waals surface area contributed by atoms with Crippen LogP contribution in [-0.2, 0) is 14.5 Å². The van der Waals surface area contributed by atoms with Gasteiger partial charge in [-0.1, -0.05) is 0 Å². The summed E-state index contributed by atoms with van der Waals surface area (Å²) < 4.78 is 0. The SMILES string of the molecule is CN[C@@H](C)CONC(=O)[C@@H]1CC[C@@H]2CN1C(=O)N2OC. The molecule has 0 radical (unpaired) electrons. The lowest BCUT2D eigenvalue weighted by Crippen LogP contribution is -2.50. The third kappa shape index (κ3) is 2.87. The van der Waals surface area contributed by atoms with Gasteiger partial charge in [-0.25, -0.2) is 10.3 Å². The Bertz CT molecular complexity index is 378. The van der Waals surface area contributed by atoms with Crippen molar-refractivity contribution in [1.29, 1.82) is 0 Å². The number of piperidine rings is 1. The monoisotopic (exact) mass is 286 g/mol. The Kier molecular flexibility index (Phi) is 4.79. The molecule has 2 aliphatic rings. The molecule has 2 rings (SSSR count). The zero-order valence-electron chi connectivity index (χ0n) is 12.1. The molecule has 0 aliphatic carbocycles. The average Bonchev–Trinajstić information content (AvgIpc) is 2.70. The second kappa shape index (κ2) is 6.38. The molecular weight excluding hydrogens is 264 g/mol. The van der Waals surface area contributed by atoms with Gasteiger partial charge in [0.1, 0.15) is 6.04 Å². The van der Waals surface area contributed by atoms with E-state index in [9.17, 15) is 9.59 Å². The molecule has 114 valence electrons. The highest BCUT2D eigenvalue weighted by Crippen LogP contribution is 2.29. The standard InChI is InChI=1S/C12H22N4O4/c1-8(13-2)7-20-14-11(17)10-5-4-9-6-15(10)12(18)16(9)19-3/h8-10,13H,4-7H2,1-3H3,(H,14,17)/t8-,9+,10-/m0/s1. The summed E-state index contributed by atoms with van der Waals surface area (Å²) in [5, 5.41) is 4.35. The molecule has 20 heavy (non-hydrogen) atoms. The second-order valence-electron chi connectivity index (χ2n) is 5.16. The number of rotatable bonds is 6. The van der Waals surface area contributed by atoms with E-state index in [0.29, 0.717) is 19.6 Å². The van der Waals surface area contributed by atoms with E-state index in [-0.39, 0.29) is 24.0 Å². The molecule has 0 aromatic heterocycles. The lowest BCUT2D eigenvalue weighted by atomic mass is 10.0. The van der Waals surface area contributed by atoms with Crippen molar-refractivity contribution >= 4 is 11.9 Å². The van der Waals surface area contributed by atoms with Crippen LogP contribution in [0.4, 0.5) is 4.79 Å². The maximum atomic E-state index is 12.1. The number of carbonyl (C=O) groups excluding carboxylic acids is 2. The molecule has 2 saturated heterocycles. The molecule has 3 atom stereocenters. The highest BCUT2D eigenvalue weighted by atomic mass is 16.7. The first-order valence-corrected chi connectivity index (χ1v) is 6.81. The lowest BCUT2D eigenvalue weighted by Gasteiger charge is -2.29. The largest absolute Gasteiger partial charge is 0.345 e. The average molecular weight is 286 g/mol. The molecule has 2 aliphatic heterocycles. The van der Waals surface area contributed by atoms with Crippen molar-refractivity contribution in [1.82, 2.24) is 20.8 Å². The van der Waals surface area contributed by atoms with Crippen molar-refractivity contribution in [3.63, 3.8) is 0 Å². The van der Waals surface area contributed by atoms with E-state index in [1.807, 2.05) is 14.0 Å². The van der Waals surface area contributed by atoms with Crippen LogP contribution in [0.5, 0.6) is 0 Å². The summed E-state index contributed by atoms with van der Waals surface area (Å²) in [5.74, 6) is -0.280. The van der Waals surface area contributed by atoms with Crippen molar-refractivity contribution in [3.05, 3.63) is 0 Å². The summed E-state index contributed by atoms with van der Waals surface area (Å²) in [5.41, 5.74) is 2.42. The van der Waals surface area contributed by atoms with Crippen LogP contribution >= 0.6 is 0 Å². The minimum absolute atomic E-state index is 0.0433. The second-order valence-corrected chi connectivity index (χ2v) is 5.16. The van der Waals surface area contributed by atoms with Gasteiger partial charge in [-0.3, -0.25) is 14.5 Å². The number of nitrogens with one attached hydrogen (secondary N) is 2. The zero-order chi connectivity index (χ0) is 14.7. The van der Waals surface area contributed by atoms with Crippen LogP contribution in [0.3, 0.4) is 0 Å². The van der Waals surface area contributed by atoms with E-state index in [2.05, 4.69) is 10.8 Å². The quantitative estimate of drug-likeness (QED) is 0.642. The van der Waals surface area contributed by atoms with Crippen molar-refractivity contribution in [2.75, 3.05) is 27.3 Å². The van der Waals surface area contributed by atoms with Gasteiger partial charge < -0.3 is 10.2 Å². The molecule has 2 heterocycles. The number of urea groups is 1.